The molecule has 4 heterocycles. The first-order valence-corrected chi connectivity index (χ1v) is 14.2. The van der Waals surface area contributed by atoms with Crippen LogP contribution in [0.2, 0.25) is 0 Å². The molecule has 0 bridgehead atoms. The highest BCUT2D eigenvalue weighted by atomic mass is 32.1. The van der Waals surface area contributed by atoms with Gasteiger partial charge in [-0.15, -0.1) is 11.3 Å². The minimum absolute atomic E-state index is 0.00548. The van der Waals surface area contributed by atoms with Crippen LogP contribution in [-0.4, -0.2) is 49.0 Å². The number of halogens is 2. The second-order valence-electron chi connectivity index (χ2n) is 9.88. The average molecular weight is 601 g/mol. The zero-order valence-electron chi connectivity index (χ0n) is 23.2. The molecule has 1 amide bonds. The quantitative estimate of drug-likeness (QED) is 0.177. The van der Waals surface area contributed by atoms with Gasteiger partial charge in [-0.3, -0.25) is 9.89 Å². The highest BCUT2D eigenvalue weighted by Gasteiger charge is 2.27. The number of imidazole rings is 1. The third-order valence-electron chi connectivity index (χ3n) is 7.08. The predicted molar refractivity (Wildman–Crippen MR) is 162 cm³/mol. The number of carbonyl (C=O) groups excluding carboxylic acids is 1. The van der Waals surface area contributed by atoms with Crippen LogP contribution in [0.5, 0.6) is 5.75 Å². The molecule has 0 aliphatic carbocycles. The van der Waals surface area contributed by atoms with E-state index in [-0.39, 0.29) is 30.4 Å². The summed E-state index contributed by atoms with van der Waals surface area (Å²) in [6, 6.07) is 10.9. The molecule has 1 atom stereocenters. The Balaban J connectivity index is 1.63. The van der Waals surface area contributed by atoms with Crippen molar-refractivity contribution < 1.29 is 23.4 Å². The van der Waals surface area contributed by atoms with Gasteiger partial charge in [0.25, 0.3) is 0 Å². The summed E-state index contributed by atoms with van der Waals surface area (Å²) in [4.78, 5) is 21.5. The molecular formula is C31H26F2N6O3S. The number of hydrogen-bond acceptors (Lipinski definition) is 7. The lowest BCUT2D eigenvalue weighted by atomic mass is 9.96. The number of rotatable bonds is 9. The standard InChI is InChI=1S/C31H26F2N6O3S/c1-4-26(41)35-16(2)21-14-23(38-37-21)30-28(27-20(33)12-18(32)13-25(27)42-9-8-40)31-19(7-10-43-31)29(36-30)17-5-6-24-22(11-17)34-15-39(24)3/h4-7,10-16,40H,1,8-9H2,2-3H3,(H,35,41)(H,37,38)/t16-/m0/s1. The summed E-state index contributed by atoms with van der Waals surface area (Å²) < 4.78 is 38.4. The largest absolute Gasteiger partial charge is 0.490 e. The van der Waals surface area contributed by atoms with Crippen molar-refractivity contribution in [3.8, 4) is 39.5 Å². The molecule has 0 radical (unpaired) electrons. The zero-order chi connectivity index (χ0) is 30.2. The number of aliphatic hydroxyl groups is 1. The fourth-order valence-electron chi connectivity index (χ4n) is 5.04. The number of benzene rings is 2. The molecule has 6 rings (SSSR count). The molecule has 0 fully saturated rings. The molecule has 218 valence electrons. The van der Waals surface area contributed by atoms with Gasteiger partial charge in [-0.2, -0.15) is 5.10 Å². The maximum Gasteiger partial charge on any atom is 0.243 e. The number of nitrogens with zero attached hydrogens (tertiary/aromatic N) is 4. The molecule has 43 heavy (non-hydrogen) atoms. The number of pyridine rings is 1. The van der Waals surface area contributed by atoms with Crippen LogP contribution >= 0.6 is 11.3 Å². The summed E-state index contributed by atoms with van der Waals surface area (Å²) in [7, 11) is 1.92. The SMILES string of the molecule is C=CC(=O)N[C@@H](C)c1cc(-c2nc(-c3ccc4c(c3)ncn4C)c3ccsc3c2-c2c(F)cc(F)cc2OCCO)n[nH]1. The Morgan fingerprint density at radius 2 is 2.05 bits per heavy atom. The minimum Gasteiger partial charge on any atom is -0.490 e. The van der Waals surface area contributed by atoms with Gasteiger partial charge in [0.2, 0.25) is 5.91 Å². The van der Waals surface area contributed by atoms with E-state index in [1.807, 2.05) is 41.3 Å². The summed E-state index contributed by atoms with van der Waals surface area (Å²) in [6.07, 6.45) is 2.91. The maximum atomic E-state index is 15.8. The summed E-state index contributed by atoms with van der Waals surface area (Å²) in [5.41, 5.74) is 4.78. The van der Waals surface area contributed by atoms with Crippen molar-refractivity contribution in [3.63, 3.8) is 0 Å². The molecular weight excluding hydrogens is 574 g/mol. The van der Waals surface area contributed by atoms with E-state index in [0.717, 1.165) is 34.1 Å². The summed E-state index contributed by atoms with van der Waals surface area (Å²) in [5, 5.41) is 22.2. The molecule has 2 aromatic carbocycles. The van der Waals surface area contributed by atoms with Gasteiger partial charge in [0.1, 0.15) is 35.4 Å². The van der Waals surface area contributed by atoms with Crippen LogP contribution in [0, 0.1) is 11.6 Å². The van der Waals surface area contributed by atoms with Crippen LogP contribution in [0.15, 0.2) is 66.8 Å². The van der Waals surface area contributed by atoms with Gasteiger partial charge in [0, 0.05) is 40.4 Å². The van der Waals surface area contributed by atoms with Crippen LogP contribution in [0.25, 0.3) is 54.9 Å². The third kappa shape index (κ3) is 5.15. The molecule has 3 N–H and O–H groups in total. The number of fused-ring (bicyclic) bond motifs is 2. The number of thiophene rings is 1. The topological polar surface area (TPSA) is 118 Å². The van der Waals surface area contributed by atoms with Crippen molar-refractivity contribution >= 4 is 38.4 Å². The summed E-state index contributed by atoms with van der Waals surface area (Å²) in [6.45, 7) is 4.76. The van der Waals surface area contributed by atoms with E-state index in [0.29, 0.717) is 33.0 Å². The van der Waals surface area contributed by atoms with Crippen LogP contribution in [0.1, 0.15) is 18.7 Å². The first-order chi connectivity index (χ1) is 20.8. The van der Waals surface area contributed by atoms with Gasteiger partial charge < -0.3 is 19.7 Å². The molecule has 0 spiro atoms. The van der Waals surface area contributed by atoms with E-state index in [1.165, 1.54) is 17.4 Å². The molecule has 0 saturated carbocycles. The average Bonchev–Trinajstić information content (AvgIpc) is 3.76. The normalized spacial score (nSPS) is 12.1. The van der Waals surface area contributed by atoms with Gasteiger partial charge in [-0.05, 0) is 42.6 Å². The van der Waals surface area contributed by atoms with Crippen molar-refractivity contribution in [2.75, 3.05) is 13.2 Å². The van der Waals surface area contributed by atoms with Crippen LogP contribution < -0.4 is 10.1 Å². The Morgan fingerprint density at radius 3 is 2.84 bits per heavy atom. The molecule has 0 unspecified atom stereocenters. The number of carbonyl (C=O) groups is 1. The predicted octanol–water partition coefficient (Wildman–Crippen LogP) is 5.92. The minimum atomic E-state index is -0.851. The van der Waals surface area contributed by atoms with E-state index in [1.54, 1.807) is 19.3 Å². The van der Waals surface area contributed by atoms with Crippen molar-refractivity contribution in [3.05, 3.63) is 84.2 Å². The summed E-state index contributed by atoms with van der Waals surface area (Å²) >= 11 is 1.37. The number of aromatic amines is 1. The smallest absolute Gasteiger partial charge is 0.243 e. The number of hydrogen-bond donors (Lipinski definition) is 3. The van der Waals surface area contributed by atoms with Gasteiger partial charge in [0.15, 0.2) is 0 Å². The van der Waals surface area contributed by atoms with Crippen LogP contribution in [0.4, 0.5) is 8.78 Å². The lowest BCUT2D eigenvalue weighted by Gasteiger charge is -2.17. The molecule has 0 aliphatic rings. The van der Waals surface area contributed by atoms with Gasteiger partial charge in [0.05, 0.1) is 47.0 Å². The Kier molecular flexibility index (Phi) is 7.46. The Bertz CT molecular complexity index is 2010. The number of ether oxygens (including phenoxy) is 1. The lowest BCUT2D eigenvalue weighted by molar-refractivity contribution is -0.117. The fourth-order valence-corrected chi connectivity index (χ4v) is 5.99. The van der Waals surface area contributed by atoms with Gasteiger partial charge in [-0.1, -0.05) is 12.6 Å². The lowest BCUT2D eigenvalue weighted by Crippen LogP contribution is -2.24. The number of amides is 1. The van der Waals surface area contributed by atoms with Crippen molar-refractivity contribution in [1.29, 1.82) is 0 Å². The number of aryl methyl sites for hydroxylation is 1. The third-order valence-corrected chi connectivity index (χ3v) is 8.01. The molecule has 9 nitrogen and oxygen atoms in total. The first-order valence-electron chi connectivity index (χ1n) is 13.3. The van der Waals surface area contributed by atoms with E-state index in [9.17, 15) is 14.3 Å². The maximum absolute atomic E-state index is 15.8. The molecule has 12 heteroatoms. The number of H-pyrrole nitrogens is 1. The molecule has 6 aromatic rings. The van der Waals surface area contributed by atoms with Gasteiger partial charge in [-0.25, -0.2) is 18.7 Å². The van der Waals surface area contributed by atoms with Crippen molar-refractivity contribution in [1.82, 2.24) is 30.0 Å². The molecule has 0 saturated heterocycles. The Labute approximate surface area is 248 Å². The van der Waals surface area contributed by atoms with Crippen molar-refractivity contribution in [2.24, 2.45) is 7.05 Å². The Hall–Kier alpha value is -4.94. The second kappa shape index (κ2) is 11.4. The highest BCUT2D eigenvalue weighted by molar-refractivity contribution is 7.18. The molecule has 0 aliphatic heterocycles. The number of aromatic nitrogens is 5. The Morgan fingerprint density at radius 1 is 1.21 bits per heavy atom. The fraction of sp³-hybridized carbons (Fsp3) is 0.161. The second-order valence-corrected chi connectivity index (χ2v) is 10.8. The van der Waals surface area contributed by atoms with Crippen molar-refractivity contribution in [2.45, 2.75) is 13.0 Å². The van der Waals surface area contributed by atoms with E-state index in [2.05, 4.69) is 27.1 Å². The van der Waals surface area contributed by atoms with E-state index < -0.39 is 17.7 Å². The summed E-state index contributed by atoms with van der Waals surface area (Å²) in [5.74, 6) is -2.10. The van der Waals surface area contributed by atoms with Gasteiger partial charge >= 0.3 is 0 Å². The number of nitrogens with one attached hydrogen (secondary N) is 2. The molecule has 4 aromatic heterocycles. The van der Waals surface area contributed by atoms with E-state index >= 15 is 4.39 Å². The monoisotopic (exact) mass is 600 g/mol. The van der Waals surface area contributed by atoms with Crippen LogP contribution in [0.3, 0.4) is 0 Å². The first kappa shape index (κ1) is 28.2. The van der Waals surface area contributed by atoms with Crippen LogP contribution in [-0.2, 0) is 11.8 Å². The van der Waals surface area contributed by atoms with E-state index in [4.69, 9.17) is 9.72 Å². The highest BCUT2D eigenvalue weighted by Crippen LogP contribution is 2.47. The number of aliphatic hydroxyl groups excluding tert-OH is 1. The zero-order valence-corrected chi connectivity index (χ0v) is 24.0.